The van der Waals surface area contributed by atoms with Gasteiger partial charge in [-0.1, -0.05) is 93.1 Å². The van der Waals surface area contributed by atoms with Crippen molar-refractivity contribution < 1.29 is 0 Å². The number of hydrogen-bond acceptors (Lipinski definition) is 0. The third-order valence-electron chi connectivity index (χ3n) is 6.60. The molecule has 1 fully saturated rings. The van der Waals surface area contributed by atoms with E-state index < -0.39 is 7.26 Å². The van der Waals surface area contributed by atoms with Gasteiger partial charge in [-0.25, -0.2) is 0 Å². The lowest BCUT2D eigenvalue weighted by molar-refractivity contribution is 0.470. The van der Waals surface area contributed by atoms with Gasteiger partial charge < -0.3 is 0 Å². The van der Waals surface area contributed by atoms with E-state index in [2.05, 4.69) is 91.0 Å². The molecule has 0 bridgehead atoms. The summed E-state index contributed by atoms with van der Waals surface area (Å²) in [5, 5.41) is 4.62. The third kappa shape index (κ3) is 4.81. The van der Waals surface area contributed by atoms with Crippen LogP contribution in [0.4, 0.5) is 0 Å². The van der Waals surface area contributed by atoms with Crippen molar-refractivity contribution in [3.05, 3.63) is 91.0 Å². The van der Waals surface area contributed by atoms with Crippen LogP contribution < -0.4 is 15.9 Å². The quantitative estimate of drug-likeness (QED) is 0.416. The topological polar surface area (TPSA) is 0 Å². The molecule has 1 heteroatoms. The van der Waals surface area contributed by atoms with Crippen LogP contribution in [-0.4, -0.2) is 6.16 Å². The summed E-state index contributed by atoms with van der Waals surface area (Å²) < 4.78 is 0. The highest BCUT2D eigenvalue weighted by Crippen LogP contribution is 2.57. The number of benzene rings is 3. The molecule has 29 heavy (non-hydrogen) atoms. The normalized spacial score (nSPS) is 16.6. The van der Waals surface area contributed by atoms with E-state index in [1.807, 2.05) is 0 Å². The predicted octanol–water partition coefficient (Wildman–Crippen LogP) is 6.73. The average Bonchev–Trinajstić information content (AvgIpc) is 2.93. The molecule has 3 aromatic carbocycles. The second kappa shape index (κ2) is 10.2. The summed E-state index contributed by atoms with van der Waals surface area (Å²) in [4.78, 5) is 0. The Labute approximate surface area is 177 Å². The molecule has 0 saturated heterocycles. The summed E-state index contributed by atoms with van der Waals surface area (Å²) in [5.74, 6) is 0.821. The van der Waals surface area contributed by atoms with Crippen LogP contribution in [0.3, 0.4) is 0 Å². The van der Waals surface area contributed by atoms with Gasteiger partial charge in [0.1, 0.15) is 23.2 Å². The van der Waals surface area contributed by atoms with Crippen molar-refractivity contribution in [2.75, 3.05) is 6.16 Å². The van der Waals surface area contributed by atoms with E-state index in [9.17, 15) is 0 Å². The second-order valence-corrected chi connectivity index (χ2v) is 12.1. The van der Waals surface area contributed by atoms with Gasteiger partial charge in [-0.15, -0.1) is 0 Å². The van der Waals surface area contributed by atoms with Gasteiger partial charge in [-0.3, -0.25) is 0 Å². The molecule has 0 spiro atoms. The van der Waals surface area contributed by atoms with Gasteiger partial charge in [0.25, 0.3) is 0 Å². The Bertz CT molecular complexity index is 735. The highest BCUT2D eigenvalue weighted by atomic mass is 31.2. The van der Waals surface area contributed by atoms with Gasteiger partial charge in [0, 0.05) is 0 Å². The Hall–Kier alpha value is -1.91. The van der Waals surface area contributed by atoms with Gasteiger partial charge >= 0.3 is 0 Å². The Morgan fingerprint density at radius 2 is 0.828 bits per heavy atom. The molecule has 4 rings (SSSR count). The zero-order chi connectivity index (χ0) is 19.8. The van der Waals surface area contributed by atoms with Gasteiger partial charge in [-0.2, -0.15) is 0 Å². The first-order valence-electron chi connectivity index (χ1n) is 11.4. The van der Waals surface area contributed by atoms with Crippen molar-refractivity contribution in [2.45, 2.75) is 51.4 Å². The molecule has 1 saturated carbocycles. The lowest BCUT2D eigenvalue weighted by Gasteiger charge is -2.31. The molecule has 0 heterocycles. The SMILES string of the molecule is c1ccc([P+](CC2CCCCCCCC2)(c2ccccc2)c2ccccc2)cc1. The van der Waals surface area contributed by atoms with Crippen molar-refractivity contribution >= 4 is 23.2 Å². The van der Waals surface area contributed by atoms with Crippen LogP contribution >= 0.6 is 7.26 Å². The standard InChI is InChI=1S/C28H34P/c1-2-4-9-17-25(16-8-3-1)24-29(26-18-10-5-11-19-26,27-20-12-6-13-21-27)28-22-14-7-15-23-28/h5-7,10-15,18-23,25H,1-4,8-9,16-17,24H2/q+1. The molecule has 0 aliphatic heterocycles. The van der Waals surface area contributed by atoms with Gasteiger partial charge in [0.05, 0.1) is 6.16 Å². The zero-order valence-corrected chi connectivity index (χ0v) is 18.4. The summed E-state index contributed by atoms with van der Waals surface area (Å²) in [6, 6.07) is 34.2. The molecule has 150 valence electrons. The summed E-state index contributed by atoms with van der Waals surface area (Å²) in [7, 11) is -1.67. The summed E-state index contributed by atoms with van der Waals surface area (Å²) in [5.41, 5.74) is 0. The van der Waals surface area contributed by atoms with E-state index in [0.29, 0.717) is 0 Å². The minimum absolute atomic E-state index is 0.821. The van der Waals surface area contributed by atoms with E-state index in [1.165, 1.54) is 73.4 Å². The molecule has 0 unspecified atom stereocenters. The van der Waals surface area contributed by atoms with E-state index in [4.69, 9.17) is 0 Å². The number of hydrogen-bond donors (Lipinski definition) is 0. The summed E-state index contributed by atoms with van der Waals surface area (Å²) >= 11 is 0. The first-order chi connectivity index (χ1) is 14.4. The molecule has 0 aromatic heterocycles. The highest BCUT2D eigenvalue weighted by Gasteiger charge is 2.46. The molecule has 1 aliphatic rings. The first kappa shape index (κ1) is 20.4. The van der Waals surface area contributed by atoms with Gasteiger partial charge in [-0.05, 0) is 55.2 Å². The van der Waals surface area contributed by atoms with Crippen molar-refractivity contribution in [3.63, 3.8) is 0 Å². The van der Waals surface area contributed by atoms with Crippen LogP contribution in [0.5, 0.6) is 0 Å². The minimum atomic E-state index is -1.67. The highest BCUT2D eigenvalue weighted by molar-refractivity contribution is 7.95. The maximum Gasteiger partial charge on any atom is 0.112 e. The van der Waals surface area contributed by atoms with Crippen LogP contribution in [0.25, 0.3) is 0 Å². The molecule has 3 aromatic rings. The van der Waals surface area contributed by atoms with E-state index in [-0.39, 0.29) is 0 Å². The Balaban J connectivity index is 1.83. The van der Waals surface area contributed by atoms with Crippen LogP contribution in [0.1, 0.15) is 51.4 Å². The Kier molecular flexibility index (Phi) is 7.18. The van der Waals surface area contributed by atoms with Crippen LogP contribution in [0.15, 0.2) is 91.0 Å². The largest absolute Gasteiger partial charge is 0.112 e. The second-order valence-electron chi connectivity index (χ2n) is 8.56. The zero-order valence-electron chi connectivity index (χ0n) is 17.5. The molecule has 0 amide bonds. The lowest BCUT2D eigenvalue weighted by atomic mass is 9.99. The lowest BCUT2D eigenvalue weighted by Crippen LogP contribution is -2.35. The van der Waals surface area contributed by atoms with Gasteiger partial charge in [0.2, 0.25) is 0 Å². The van der Waals surface area contributed by atoms with Crippen molar-refractivity contribution in [3.8, 4) is 0 Å². The third-order valence-corrected chi connectivity index (χ3v) is 11.2. The van der Waals surface area contributed by atoms with Crippen molar-refractivity contribution in [1.29, 1.82) is 0 Å². The van der Waals surface area contributed by atoms with Crippen LogP contribution in [0, 0.1) is 5.92 Å². The van der Waals surface area contributed by atoms with E-state index >= 15 is 0 Å². The maximum absolute atomic E-state index is 2.39. The molecule has 0 N–H and O–H groups in total. The molecular formula is C28H34P+. The average molecular weight is 402 g/mol. The maximum atomic E-state index is 2.39. The Morgan fingerprint density at radius 1 is 0.483 bits per heavy atom. The summed E-state index contributed by atoms with van der Waals surface area (Å²) in [6.45, 7) is 0. The molecule has 0 nitrogen and oxygen atoms in total. The fraction of sp³-hybridized carbons (Fsp3) is 0.357. The smallest absolute Gasteiger partial charge is 0.0620 e. The fourth-order valence-electron chi connectivity index (χ4n) is 5.10. The van der Waals surface area contributed by atoms with Crippen LogP contribution in [0.2, 0.25) is 0 Å². The van der Waals surface area contributed by atoms with Gasteiger partial charge in [0.15, 0.2) is 0 Å². The predicted molar refractivity (Wildman–Crippen MR) is 130 cm³/mol. The fourth-order valence-corrected chi connectivity index (χ4v) is 9.81. The van der Waals surface area contributed by atoms with E-state index in [0.717, 1.165) is 5.92 Å². The molecule has 1 aliphatic carbocycles. The monoisotopic (exact) mass is 401 g/mol. The van der Waals surface area contributed by atoms with Crippen molar-refractivity contribution in [2.24, 2.45) is 5.92 Å². The van der Waals surface area contributed by atoms with E-state index in [1.54, 1.807) is 0 Å². The summed E-state index contributed by atoms with van der Waals surface area (Å²) in [6.07, 6.45) is 12.6. The Morgan fingerprint density at radius 3 is 1.21 bits per heavy atom. The molecular weight excluding hydrogens is 367 g/mol. The van der Waals surface area contributed by atoms with Crippen LogP contribution in [-0.2, 0) is 0 Å². The minimum Gasteiger partial charge on any atom is -0.0620 e. The first-order valence-corrected chi connectivity index (χ1v) is 13.4. The van der Waals surface area contributed by atoms with Crippen molar-refractivity contribution in [1.82, 2.24) is 0 Å². The number of rotatable bonds is 5. The molecule has 0 atom stereocenters. The molecule has 0 radical (unpaired) electrons.